The van der Waals surface area contributed by atoms with Crippen LogP contribution in [0.1, 0.15) is 17.5 Å². The molecule has 1 heterocycles. The Morgan fingerprint density at radius 2 is 1.43 bits per heavy atom. The van der Waals surface area contributed by atoms with Gasteiger partial charge in [-0.1, -0.05) is 29.8 Å². The number of aryl methyl sites for hydroxylation is 1. The molecule has 2 rings (SSSR count). The van der Waals surface area contributed by atoms with Gasteiger partial charge in [0.25, 0.3) is 11.8 Å². The van der Waals surface area contributed by atoms with Crippen LogP contribution in [0.3, 0.4) is 0 Å². The van der Waals surface area contributed by atoms with Crippen molar-refractivity contribution in [3.8, 4) is 0 Å². The van der Waals surface area contributed by atoms with E-state index in [1.807, 2.05) is 36.1 Å². The van der Waals surface area contributed by atoms with E-state index in [2.05, 4.69) is 0 Å². The molecule has 0 saturated heterocycles. The summed E-state index contributed by atoms with van der Waals surface area (Å²) >= 11 is 0. The first-order valence-electron chi connectivity index (χ1n) is 9.44. The molecule has 154 valence electrons. The molecule has 1 aliphatic rings. The van der Waals surface area contributed by atoms with Crippen molar-refractivity contribution >= 4 is 17.4 Å². The van der Waals surface area contributed by atoms with Gasteiger partial charge in [-0.05, 0) is 18.9 Å². The second-order valence-electron chi connectivity index (χ2n) is 6.67. The highest BCUT2D eigenvalue weighted by Crippen LogP contribution is 2.31. The standard InChI is InChI=1S/C21H30N2O5/c1-16-6-8-17(9-7-16)18-19(22(11-14-27-3)12-15-28-4)21(25)23(20(18)24)10-5-13-26-2/h6-9H,5,10-15H2,1-4H3. The van der Waals surface area contributed by atoms with E-state index in [0.29, 0.717) is 57.1 Å². The van der Waals surface area contributed by atoms with E-state index in [-0.39, 0.29) is 11.8 Å². The molecule has 7 heteroatoms. The molecule has 7 nitrogen and oxygen atoms in total. The average Bonchev–Trinajstić information content (AvgIpc) is 2.94. The minimum Gasteiger partial charge on any atom is -0.385 e. The summed E-state index contributed by atoms with van der Waals surface area (Å²) < 4.78 is 15.5. The van der Waals surface area contributed by atoms with E-state index < -0.39 is 0 Å². The zero-order valence-electron chi connectivity index (χ0n) is 17.2. The van der Waals surface area contributed by atoms with E-state index in [4.69, 9.17) is 14.2 Å². The molecule has 0 saturated carbocycles. The highest BCUT2D eigenvalue weighted by Gasteiger charge is 2.41. The molecule has 0 radical (unpaired) electrons. The first-order chi connectivity index (χ1) is 13.5. The van der Waals surface area contributed by atoms with Gasteiger partial charge >= 0.3 is 0 Å². The van der Waals surface area contributed by atoms with Crippen molar-refractivity contribution < 1.29 is 23.8 Å². The van der Waals surface area contributed by atoms with Gasteiger partial charge in [0, 0.05) is 47.6 Å². The van der Waals surface area contributed by atoms with Crippen molar-refractivity contribution in [3.63, 3.8) is 0 Å². The predicted octanol–water partition coefficient (Wildman–Crippen LogP) is 1.71. The van der Waals surface area contributed by atoms with Crippen LogP contribution in [0, 0.1) is 6.92 Å². The molecule has 28 heavy (non-hydrogen) atoms. The van der Waals surface area contributed by atoms with E-state index in [9.17, 15) is 9.59 Å². The normalized spacial score (nSPS) is 14.4. The lowest BCUT2D eigenvalue weighted by Gasteiger charge is -2.25. The number of benzene rings is 1. The molecule has 0 fully saturated rings. The summed E-state index contributed by atoms with van der Waals surface area (Å²) in [6.45, 7) is 4.68. The van der Waals surface area contributed by atoms with Crippen LogP contribution in [0.4, 0.5) is 0 Å². The first-order valence-corrected chi connectivity index (χ1v) is 9.44. The first kappa shape index (κ1) is 22.1. The molecule has 0 unspecified atom stereocenters. The summed E-state index contributed by atoms with van der Waals surface area (Å²) in [5.41, 5.74) is 2.69. The lowest BCUT2D eigenvalue weighted by atomic mass is 10.0. The third-order valence-electron chi connectivity index (χ3n) is 4.66. The smallest absolute Gasteiger partial charge is 0.277 e. The third-order valence-corrected chi connectivity index (χ3v) is 4.66. The minimum absolute atomic E-state index is 0.264. The lowest BCUT2D eigenvalue weighted by molar-refractivity contribution is -0.137. The zero-order chi connectivity index (χ0) is 20.5. The van der Waals surface area contributed by atoms with Gasteiger partial charge in [0.2, 0.25) is 0 Å². The van der Waals surface area contributed by atoms with Gasteiger partial charge < -0.3 is 19.1 Å². The maximum absolute atomic E-state index is 13.2. The Kier molecular flexibility index (Phi) is 8.63. The molecule has 2 amide bonds. The van der Waals surface area contributed by atoms with Crippen molar-refractivity contribution in [3.05, 3.63) is 41.1 Å². The monoisotopic (exact) mass is 390 g/mol. The molecule has 0 spiro atoms. The van der Waals surface area contributed by atoms with E-state index >= 15 is 0 Å². The number of nitrogens with zero attached hydrogens (tertiary/aromatic N) is 2. The van der Waals surface area contributed by atoms with E-state index in [0.717, 1.165) is 11.1 Å². The minimum atomic E-state index is -0.274. The highest BCUT2D eigenvalue weighted by molar-refractivity contribution is 6.35. The predicted molar refractivity (Wildman–Crippen MR) is 107 cm³/mol. The fourth-order valence-electron chi connectivity index (χ4n) is 3.15. The molecule has 0 atom stereocenters. The van der Waals surface area contributed by atoms with Gasteiger partial charge in [-0.25, -0.2) is 0 Å². The summed E-state index contributed by atoms with van der Waals surface area (Å²) in [5, 5.41) is 0. The Morgan fingerprint density at radius 1 is 0.857 bits per heavy atom. The van der Waals surface area contributed by atoms with E-state index in [1.165, 1.54) is 4.90 Å². The number of hydrogen-bond acceptors (Lipinski definition) is 6. The molecule has 0 aromatic heterocycles. The number of rotatable bonds is 12. The summed E-state index contributed by atoms with van der Waals surface area (Å²) in [5.74, 6) is -0.538. The highest BCUT2D eigenvalue weighted by atomic mass is 16.5. The Balaban J connectivity index is 2.44. The van der Waals surface area contributed by atoms with Crippen molar-refractivity contribution in [1.82, 2.24) is 9.80 Å². The maximum Gasteiger partial charge on any atom is 0.277 e. The average molecular weight is 390 g/mol. The molecular weight excluding hydrogens is 360 g/mol. The zero-order valence-corrected chi connectivity index (χ0v) is 17.2. The number of carbonyl (C=O) groups excluding carboxylic acids is 2. The van der Waals surface area contributed by atoms with Gasteiger partial charge in [0.15, 0.2) is 0 Å². The number of amides is 2. The topological polar surface area (TPSA) is 68.3 Å². The Morgan fingerprint density at radius 3 is 1.96 bits per heavy atom. The molecule has 0 aliphatic carbocycles. The second kappa shape index (κ2) is 10.9. The Bertz CT molecular complexity index is 691. The van der Waals surface area contributed by atoms with Crippen LogP contribution in [0.25, 0.3) is 5.57 Å². The Hall–Kier alpha value is -2.22. The molecule has 1 aromatic rings. The third kappa shape index (κ3) is 5.19. The van der Waals surface area contributed by atoms with E-state index in [1.54, 1.807) is 21.3 Å². The number of ether oxygens (including phenoxy) is 3. The molecule has 1 aromatic carbocycles. The van der Waals surface area contributed by atoms with Crippen molar-refractivity contribution in [2.75, 3.05) is 60.8 Å². The number of hydrogen-bond donors (Lipinski definition) is 0. The quantitative estimate of drug-likeness (QED) is 0.400. The maximum atomic E-state index is 13.2. The number of methoxy groups -OCH3 is 3. The van der Waals surface area contributed by atoms with Crippen LogP contribution in [0.5, 0.6) is 0 Å². The second-order valence-corrected chi connectivity index (χ2v) is 6.67. The van der Waals surface area contributed by atoms with Gasteiger partial charge in [-0.3, -0.25) is 14.5 Å². The SMILES string of the molecule is COCCCN1C(=O)C(c2ccc(C)cc2)=C(N(CCOC)CCOC)C1=O. The largest absolute Gasteiger partial charge is 0.385 e. The van der Waals surface area contributed by atoms with Gasteiger partial charge in [0.05, 0.1) is 18.8 Å². The summed E-state index contributed by atoms with van der Waals surface area (Å²) in [6, 6.07) is 7.67. The molecule has 1 aliphatic heterocycles. The van der Waals surface area contributed by atoms with Crippen LogP contribution >= 0.6 is 0 Å². The van der Waals surface area contributed by atoms with Crippen molar-refractivity contribution in [2.24, 2.45) is 0 Å². The summed E-state index contributed by atoms with van der Waals surface area (Å²) in [4.78, 5) is 29.6. The molecular formula is C21H30N2O5. The van der Waals surface area contributed by atoms with Crippen LogP contribution < -0.4 is 0 Å². The molecule has 0 bridgehead atoms. The summed E-state index contributed by atoms with van der Waals surface area (Å²) in [6.07, 6.45) is 0.596. The van der Waals surface area contributed by atoms with Crippen LogP contribution in [0.2, 0.25) is 0 Å². The van der Waals surface area contributed by atoms with Gasteiger partial charge in [-0.2, -0.15) is 0 Å². The lowest BCUT2D eigenvalue weighted by Crippen LogP contribution is -2.38. The fourth-order valence-corrected chi connectivity index (χ4v) is 3.15. The van der Waals surface area contributed by atoms with Gasteiger partial charge in [0.1, 0.15) is 5.70 Å². The van der Waals surface area contributed by atoms with Crippen LogP contribution in [-0.2, 0) is 23.8 Å². The van der Waals surface area contributed by atoms with Gasteiger partial charge in [-0.15, -0.1) is 0 Å². The molecule has 0 N–H and O–H groups in total. The van der Waals surface area contributed by atoms with Crippen molar-refractivity contribution in [1.29, 1.82) is 0 Å². The number of imide groups is 1. The fraction of sp³-hybridized carbons (Fsp3) is 0.524. The summed E-state index contributed by atoms with van der Waals surface area (Å²) in [7, 11) is 4.83. The van der Waals surface area contributed by atoms with Crippen LogP contribution in [-0.4, -0.2) is 82.4 Å². The number of carbonyl (C=O) groups is 2. The van der Waals surface area contributed by atoms with Crippen molar-refractivity contribution in [2.45, 2.75) is 13.3 Å². The van der Waals surface area contributed by atoms with Crippen LogP contribution in [0.15, 0.2) is 30.0 Å². The Labute approximate surface area is 166 Å².